The average molecular weight is 365 g/mol. The summed E-state index contributed by atoms with van der Waals surface area (Å²) in [6.07, 6.45) is 1.98. The van der Waals surface area contributed by atoms with Gasteiger partial charge < -0.3 is 14.7 Å². The van der Waals surface area contributed by atoms with Crippen LogP contribution in [-0.4, -0.2) is 79.5 Å². The molecule has 0 aromatic heterocycles. The third-order valence-corrected chi connectivity index (χ3v) is 5.44. The number of amides is 3. The van der Waals surface area contributed by atoms with Crippen LogP contribution >= 0.6 is 11.6 Å². The van der Waals surface area contributed by atoms with Gasteiger partial charge in [0.05, 0.1) is 0 Å². The summed E-state index contributed by atoms with van der Waals surface area (Å²) in [6, 6.07) is 7.35. The molecular weight excluding hydrogens is 340 g/mol. The van der Waals surface area contributed by atoms with Crippen LogP contribution in [0.25, 0.3) is 0 Å². The van der Waals surface area contributed by atoms with Gasteiger partial charge in [0.15, 0.2) is 0 Å². The van der Waals surface area contributed by atoms with Gasteiger partial charge in [-0.15, -0.1) is 0 Å². The third kappa shape index (κ3) is 4.07. The number of hydrogen-bond acceptors (Lipinski definition) is 3. The lowest BCUT2D eigenvalue weighted by Crippen LogP contribution is -2.48. The van der Waals surface area contributed by atoms with Gasteiger partial charge in [0.1, 0.15) is 6.54 Å². The first kappa shape index (κ1) is 18.0. The van der Waals surface area contributed by atoms with Crippen LogP contribution in [0.1, 0.15) is 12.8 Å². The number of halogens is 1. The highest BCUT2D eigenvalue weighted by Crippen LogP contribution is 2.22. The highest BCUT2D eigenvalue weighted by Gasteiger charge is 2.32. The first-order valence-electron chi connectivity index (χ1n) is 8.72. The van der Waals surface area contributed by atoms with Crippen molar-refractivity contribution in [2.45, 2.75) is 18.9 Å². The molecular formula is C18H25ClN4O2. The van der Waals surface area contributed by atoms with Crippen LogP contribution in [0.4, 0.5) is 10.5 Å². The molecule has 2 aliphatic heterocycles. The van der Waals surface area contributed by atoms with E-state index in [1.807, 2.05) is 24.1 Å². The zero-order valence-corrected chi connectivity index (χ0v) is 15.6. The monoisotopic (exact) mass is 364 g/mol. The fourth-order valence-corrected chi connectivity index (χ4v) is 3.58. The van der Waals surface area contributed by atoms with Gasteiger partial charge in [-0.1, -0.05) is 11.6 Å². The molecule has 2 aliphatic rings. The molecule has 6 nitrogen and oxygen atoms in total. The summed E-state index contributed by atoms with van der Waals surface area (Å²) in [5.41, 5.74) is 0.813. The van der Waals surface area contributed by atoms with E-state index in [1.54, 1.807) is 21.9 Å². The van der Waals surface area contributed by atoms with Crippen LogP contribution in [0.5, 0.6) is 0 Å². The lowest BCUT2D eigenvalue weighted by atomic mass is 10.0. The lowest BCUT2D eigenvalue weighted by Gasteiger charge is -2.35. The number of likely N-dealkylation sites (N-methyl/N-ethyl adjacent to an activating group) is 1. The van der Waals surface area contributed by atoms with Crippen LogP contribution in [0.15, 0.2) is 24.3 Å². The Kier molecular flexibility index (Phi) is 5.49. The molecule has 25 heavy (non-hydrogen) atoms. The molecule has 0 aliphatic carbocycles. The second-order valence-corrected chi connectivity index (χ2v) is 7.31. The van der Waals surface area contributed by atoms with E-state index in [4.69, 9.17) is 11.6 Å². The molecule has 1 aromatic carbocycles. The fraction of sp³-hybridized carbons (Fsp3) is 0.556. The number of likely N-dealkylation sites (tertiary alicyclic amines) is 1. The number of nitrogens with zero attached hydrogens (tertiary/aromatic N) is 4. The van der Waals surface area contributed by atoms with Gasteiger partial charge in [-0.2, -0.15) is 0 Å². The normalized spacial score (nSPS) is 19.6. The van der Waals surface area contributed by atoms with E-state index in [2.05, 4.69) is 11.9 Å². The van der Waals surface area contributed by atoms with Crippen molar-refractivity contribution in [1.82, 2.24) is 14.7 Å². The molecule has 0 radical (unpaired) electrons. The van der Waals surface area contributed by atoms with Crippen LogP contribution in [-0.2, 0) is 4.79 Å². The molecule has 2 saturated heterocycles. The first-order valence-corrected chi connectivity index (χ1v) is 9.09. The topological polar surface area (TPSA) is 47.1 Å². The Morgan fingerprint density at radius 2 is 1.80 bits per heavy atom. The van der Waals surface area contributed by atoms with E-state index in [-0.39, 0.29) is 24.5 Å². The van der Waals surface area contributed by atoms with E-state index in [0.29, 0.717) is 18.1 Å². The highest BCUT2D eigenvalue weighted by atomic mass is 35.5. The molecule has 0 atom stereocenters. The molecule has 2 fully saturated rings. The molecule has 136 valence electrons. The minimum absolute atomic E-state index is 0.0147. The van der Waals surface area contributed by atoms with Crippen molar-refractivity contribution in [2.75, 3.05) is 51.7 Å². The number of urea groups is 1. The van der Waals surface area contributed by atoms with Gasteiger partial charge in [0.25, 0.3) is 0 Å². The number of carbonyl (C=O) groups excluding carboxylic acids is 2. The Morgan fingerprint density at radius 3 is 2.44 bits per heavy atom. The standard InChI is InChI=1S/C18H25ClN4O2/c1-20-9-7-15(8-10-20)21(2)17(24)13-22-11-12-23(18(22)25)16-5-3-14(19)4-6-16/h3-6,15H,7-13H2,1-2H3. The van der Waals surface area contributed by atoms with Crippen molar-refractivity contribution in [3.8, 4) is 0 Å². The molecule has 0 unspecified atom stereocenters. The summed E-state index contributed by atoms with van der Waals surface area (Å²) in [4.78, 5) is 32.6. The van der Waals surface area contributed by atoms with Gasteiger partial charge in [-0.05, 0) is 57.2 Å². The van der Waals surface area contributed by atoms with Crippen molar-refractivity contribution >= 4 is 29.2 Å². The maximum absolute atomic E-state index is 12.6. The number of anilines is 1. The smallest absolute Gasteiger partial charge is 0.325 e. The maximum atomic E-state index is 12.6. The van der Waals surface area contributed by atoms with Gasteiger partial charge in [-0.3, -0.25) is 9.69 Å². The Bertz CT molecular complexity index is 628. The summed E-state index contributed by atoms with van der Waals surface area (Å²) in [7, 11) is 3.96. The summed E-state index contributed by atoms with van der Waals surface area (Å²) in [5, 5.41) is 0.641. The number of benzene rings is 1. The van der Waals surface area contributed by atoms with Crippen molar-refractivity contribution in [3.05, 3.63) is 29.3 Å². The van der Waals surface area contributed by atoms with Crippen molar-refractivity contribution < 1.29 is 9.59 Å². The molecule has 3 amide bonds. The molecule has 0 saturated carbocycles. The lowest BCUT2D eigenvalue weighted by molar-refractivity contribution is -0.133. The van der Waals surface area contributed by atoms with Crippen LogP contribution in [0.3, 0.4) is 0 Å². The zero-order chi connectivity index (χ0) is 18.0. The minimum Gasteiger partial charge on any atom is -0.341 e. The molecule has 0 N–H and O–H groups in total. The number of rotatable bonds is 4. The van der Waals surface area contributed by atoms with Crippen LogP contribution in [0, 0.1) is 0 Å². The molecule has 0 bridgehead atoms. The zero-order valence-electron chi connectivity index (χ0n) is 14.8. The van der Waals surface area contributed by atoms with E-state index < -0.39 is 0 Å². The van der Waals surface area contributed by atoms with E-state index in [1.165, 1.54) is 0 Å². The highest BCUT2D eigenvalue weighted by molar-refractivity contribution is 6.30. The van der Waals surface area contributed by atoms with E-state index in [9.17, 15) is 9.59 Å². The predicted molar refractivity (Wildman–Crippen MR) is 99.1 cm³/mol. The largest absolute Gasteiger partial charge is 0.341 e. The quantitative estimate of drug-likeness (QED) is 0.822. The second kappa shape index (κ2) is 7.62. The first-order chi connectivity index (χ1) is 12.0. The third-order valence-electron chi connectivity index (χ3n) is 5.19. The fourth-order valence-electron chi connectivity index (χ4n) is 3.45. The Labute approximate surface area is 153 Å². The molecule has 2 heterocycles. The Morgan fingerprint density at radius 1 is 1.16 bits per heavy atom. The van der Waals surface area contributed by atoms with Gasteiger partial charge in [0.2, 0.25) is 5.91 Å². The van der Waals surface area contributed by atoms with Gasteiger partial charge in [0, 0.05) is 36.9 Å². The molecule has 1 aromatic rings. The van der Waals surface area contributed by atoms with Crippen molar-refractivity contribution in [2.24, 2.45) is 0 Å². The van der Waals surface area contributed by atoms with E-state index in [0.717, 1.165) is 31.6 Å². The predicted octanol–water partition coefficient (Wildman–Crippen LogP) is 2.13. The van der Waals surface area contributed by atoms with Gasteiger partial charge in [-0.25, -0.2) is 4.79 Å². The summed E-state index contributed by atoms with van der Waals surface area (Å²) in [6.45, 7) is 3.32. The maximum Gasteiger partial charge on any atom is 0.325 e. The van der Waals surface area contributed by atoms with E-state index >= 15 is 0 Å². The summed E-state index contributed by atoms with van der Waals surface area (Å²) < 4.78 is 0. The van der Waals surface area contributed by atoms with Crippen LogP contribution < -0.4 is 4.90 Å². The molecule has 3 rings (SSSR count). The average Bonchev–Trinajstić information content (AvgIpc) is 2.96. The van der Waals surface area contributed by atoms with Gasteiger partial charge >= 0.3 is 6.03 Å². The SMILES string of the molecule is CN1CCC(N(C)C(=O)CN2CCN(c3ccc(Cl)cc3)C2=O)CC1. The number of hydrogen-bond donors (Lipinski definition) is 0. The Hall–Kier alpha value is -1.79. The molecule has 0 spiro atoms. The second-order valence-electron chi connectivity index (χ2n) is 6.87. The number of piperidine rings is 1. The number of carbonyl (C=O) groups is 2. The molecule has 7 heteroatoms. The Balaban J connectivity index is 1.57. The van der Waals surface area contributed by atoms with Crippen LogP contribution in [0.2, 0.25) is 5.02 Å². The minimum atomic E-state index is -0.118. The summed E-state index contributed by atoms with van der Waals surface area (Å²) >= 11 is 5.90. The summed E-state index contributed by atoms with van der Waals surface area (Å²) in [5.74, 6) is 0.0147. The van der Waals surface area contributed by atoms with Crippen molar-refractivity contribution in [3.63, 3.8) is 0 Å². The van der Waals surface area contributed by atoms with Crippen molar-refractivity contribution in [1.29, 1.82) is 0 Å².